The number of nitrogens with zero attached hydrogens (tertiary/aromatic N) is 5. The molecule has 0 N–H and O–H groups in total. The van der Waals surface area contributed by atoms with E-state index in [1.165, 1.54) is 11.1 Å². The summed E-state index contributed by atoms with van der Waals surface area (Å²) >= 11 is 6.20. The Balaban J connectivity index is 1.73. The molecule has 0 saturated heterocycles. The van der Waals surface area contributed by atoms with Gasteiger partial charge in [-0.25, -0.2) is 4.68 Å². The number of hydrogen-bond donors (Lipinski definition) is 0. The molecule has 0 unspecified atom stereocenters. The average molecular weight is 366 g/mol. The Kier molecular flexibility index (Phi) is 4.05. The quantitative estimate of drug-likeness (QED) is 0.532. The maximum absolute atomic E-state index is 6.20. The molecule has 0 aliphatic heterocycles. The van der Waals surface area contributed by atoms with Crippen LogP contribution in [0, 0.1) is 20.8 Å². The summed E-state index contributed by atoms with van der Waals surface area (Å²) in [6.07, 6.45) is 0. The summed E-state index contributed by atoms with van der Waals surface area (Å²) < 4.78 is 7.16. The average Bonchev–Trinajstić information content (AvgIpc) is 3.24. The molecule has 0 saturated carbocycles. The summed E-state index contributed by atoms with van der Waals surface area (Å²) in [5, 5.41) is 13.1. The largest absolute Gasteiger partial charge is 0.332 e. The SMILES string of the molecule is Cc1ccc(-n2nnc(-c3nc(-c4ccccc4Cl)no3)c2C)cc1C. The third-order valence-corrected chi connectivity index (χ3v) is 4.70. The van der Waals surface area contributed by atoms with E-state index in [9.17, 15) is 0 Å². The fourth-order valence-corrected chi connectivity index (χ4v) is 2.92. The summed E-state index contributed by atoms with van der Waals surface area (Å²) in [7, 11) is 0. The summed E-state index contributed by atoms with van der Waals surface area (Å²) in [5.41, 5.74) is 5.45. The van der Waals surface area contributed by atoms with Crippen LogP contribution in [-0.2, 0) is 0 Å². The van der Waals surface area contributed by atoms with Gasteiger partial charge in [0, 0.05) is 5.56 Å². The second-order valence-electron chi connectivity index (χ2n) is 6.11. The summed E-state index contributed by atoms with van der Waals surface area (Å²) in [4.78, 5) is 4.43. The van der Waals surface area contributed by atoms with Gasteiger partial charge in [-0.05, 0) is 56.2 Å². The van der Waals surface area contributed by atoms with E-state index in [4.69, 9.17) is 16.1 Å². The molecule has 4 aromatic rings. The van der Waals surface area contributed by atoms with Crippen LogP contribution in [0.2, 0.25) is 5.02 Å². The highest BCUT2D eigenvalue weighted by molar-refractivity contribution is 6.33. The van der Waals surface area contributed by atoms with Gasteiger partial charge in [-0.3, -0.25) is 0 Å². The van der Waals surface area contributed by atoms with E-state index in [1.807, 2.05) is 31.2 Å². The van der Waals surface area contributed by atoms with Crippen LogP contribution in [-0.4, -0.2) is 25.1 Å². The zero-order chi connectivity index (χ0) is 18.3. The van der Waals surface area contributed by atoms with Gasteiger partial charge in [0.25, 0.3) is 5.89 Å². The molecule has 0 fully saturated rings. The lowest BCUT2D eigenvalue weighted by molar-refractivity contribution is 0.430. The lowest BCUT2D eigenvalue weighted by Gasteiger charge is -2.06. The van der Waals surface area contributed by atoms with Gasteiger partial charge in [0.1, 0.15) is 0 Å². The van der Waals surface area contributed by atoms with E-state index in [2.05, 4.69) is 46.4 Å². The number of hydrogen-bond acceptors (Lipinski definition) is 5. The standard InChI is InChI=1S/C19H16ClN5O/c1-11-8-9-14(10-12(11)2)25-13(3)17(22-24-25)19-21-18(23-26-19)15-6-4-5-7-16(15)20/h4-10H,1-3H3. The number of benzene rings is 2. The third kappa shape index (κ3) is 2.78. The monoisotopic (exact) mass is 365 g/mol. The van der Waals surface area contributed by atoms with Gasteiger partial charge in [-0.15, -0.1) is 5.10 Å². The zero-order valence-electron chi connectivity index (χ0n) is 14.6. The zero-order valence-corrected chi connectivity index (χ0v) is 15.3. The van der Waals surface area contributed by atoms with E-state index in [0.29, 0.717) is 28.0 Å². The van der Waals surface area contributed by atoms with Crippen LogP contribution >= 0.6 is 11.6 Å². The topological polar surface area (TPSA) is 69.6 Å². The Morgan fingerprint density at radius 3 is 2.58 bits per heavy atom. The molecule has 0 aliphatic carbocycles. The molecule has 7 heteroatoms. The van der Waals surface area contributed by atoms with E-state index in [1.54, 1.807) is 10.7 Å². The first-order chi connectivity index (χ1) is 12.5. The van der Waals surface area contributed by atoms with E-state index >= 15 is 0 Å². The van der Waals surface area contributed by atoms with Gasteiger partial charge in [0.05, 0.1) is 16.4 Å². The maximum atomic E-state index is 6.20. The van der Waals surface area contributed by atoms with E-state index < -0.39 is 0 Å². The highest BCUT2D eigenvalue weighted by Crippen LogP contribution is 2.28. The molecule has 0 radical (unpaired) electrons. The normalized spacial score (nSPS) is 11.1. The van der Waals surface area contributed by atoms with Crippen molar-refractivity contribution >= 4 is 11.6 Å². The highest BCUT2D eigenvalue weighted by atomic mass is 35.5. The van der Waals surface area contributed by atoms with Crippen molar-refractivity contribution in [1.29, 1.82) is 0 Å². The second-order valence-corrected chi connectivity index (χ2v) is 6.51. The summed E-state index contributed by atoms with van der Waals surface area (Å²) in [6, 6.07) is 13.5. The van der Waals surface area contributed by atoms with Gasteiger partial charge in [-0.2, -0.15) is 4.98 Å². The van der Waals surface area contributed by atoms with E-state index in [-0.39, 0.29) is 0 Å². The molecule has 4 rings (SSSR count). The van der Waals surface area contributed by atoms with Crippen molar-refractivity contribution in [3.05, 3.63) is 64.3 Å². The fraction of sp³-hybridized carbons (Fsp3) is 0.158. The van der Waals surface area contributed by atoms with Gasteiger partial charge in [-0.1, -0.05) is 40.2 Å². The Morgan fingerprint density at radius 2 is 1.81 bits per heavy atom. The first kappa shape index (κ1) is 16.5. The van der Waals surface area contributed by atoms with Crippen molar-refractivity contribution in [3.8, 4) is 28.7 Å². The van der Waals surface area contributed by atoms with Gasteiger partial charge < -0.3 is 4.52 Å². The molecule has 130 valence electrons. The van der Waals surface area contributed by atoms with Crippen LogP contribution in [0.3, 0.4) is 0 Å². The van der Waals surface area contributed by atoms with Gasteiger partial charge >= 0.3 is 0 Å². The van der Waals surface area contributed by atoms with Crippen LogP contribution in [0.1, 0.15) is 16.8 Å². The first-order valence-electron chi connectivity index (χ1n) is 8.13. The number of aromatic nitrogens is 5. The molecule has 0 aliphatic rings. The van der Waals surface area contributed by atoms with Crippen molar-refractivity contribution in [2.45, 2.75) is 20.8 Å². The smallest absolute Gasteiger partial charge is 0.280 e. The molecule has 26 heavy (non-hydrogen) atoms. The maximum Gasteiger partial charge on any atom is 0.280 e. The molecular formula is C19H16ClN5O. The Labute approximate surface area is 155 Å². The van der Waals surface area contributed by atoms with Crippen molar-refractivity contribution in [2.75, 3.05) is 0 Å². The Bertz CT molecular complexity index is 1100. The van der Waals surface area contributed by atoms with E-state index in [0.717, 1.165) is 11.4 Å². The Hall–Kier alpha value is -2.99. The van der Waals surface area contributed by atoms with Crippen molar-refractivity contribution in [2.24, 2.45) is 0 Å². The number of halogens is 1. The molecule has 2 aromatic heterocycles. The fourth-order valence-electron chi connectivity index (χ4n) is 2.70. The van der Waals surface area contributed by atoms with Gasteiger partial charge in [0.2, 0.25) is 5.82 Å². The van der Waals surface area contributed by atoms with Crippen LogP contribution in [0.15, 0.2) is 47.0 Å². The minimum absolute atomic E-state index is 0.313. The third-order valence-electron chi connectivity index (χ3n) is 4.37. The molecule has 6 nitrogen and oxygen atoms in total. The lowest BCUT2D eigenvalue weighted by atomic mass is 10.1. The minimum Gasteiger partial charge on any atom is -0.332 e. The summed E-state index contributed by atoms with van der Waals surface area (Å²) in [6.45, 7) is 6.07. The molecule has 0 atom stereocenters. The predicted molar refractivity (Wildman–Crippen MR) is 99.3 cm³/mol. The minimum atomic E-state index is 0.313. The molecule has 0 amide bonds. The molecule has 2 heterocycles. The van der Waals surface area contributed by atoms with Crippen molar-refractivity contribution in [3.63, 3.8) is 0 Å². The van der Waals surface area contributed by atoms with Crippen LogP contribution < -0.4 is 0 Å². The number of rotatable bonds is 3. The highest BCUT2D eigenvalue weighted by Gasteiger charge is 2.19. The lowest BCUT2D eigenvalue weighted by Crippen LogP contribution is -2.00. The first-order valence-corrected chi connectivity index (χ1v) is 8.51. The second kappa shape index (κ2) is 6.38. The van der Waals surface area contributed by atoms with Crippen molar-refractivity contribution < 1.29 is 4.52 Å². The van der Waals surface area contributed by atoms with Gasteiger partial charge in [0.15, 0.2) is 5.69 Å². The van der Waals surface area contributed by atoms with Crippen molar-refractivity contribution in [1.82, 2.24) is 25.1 Å². The van der Waals surface area contributed by atoms with Crippen LogP contribution in [0.4, 0.5) is 0 Å². The van der Waals surface area contributed by atoms with Crippen LogP contribution in [0.5, 0.6) is 0 Å². The van der Waals surface area contributed by atoms with Crippen LogP contribution in [0.25, 0.3) is 28.7 Å². The molecular weight excluding hydrogens is 350 g/mol. The Morgan fingerprint density at radius 1 is 1.00 bits per heavy atom. The molecule has 0 bridgehead atoms. The summed E-state index contributed by atoms with van der Waals surface area (Å²) in [5.74, 6) is 0.734. The number of aryl methyl sites for hydroxylation is 2. The molecule has 0 spiro atoms. The predicted octanol–water partition coefficient (Wildman–Crippen LogP) is 4.56. The molecule has 2 aromatic carbocycles.